The van der Waals surface area contributed by atoms with Gasteiger partial charge in [0.2, 0.25) is 0 Å². The first-order chi connectivity index (χ1) is 16.8. The standard InChI is InChI=1S/C28H34N2O4/c1-2-3-4-5-6-7-22-16-30(23-10-14-25(15-11-23)32-18-27-20-34-27)29-28(22)21-8-12-24(13-9-21)31-17-26-19-33-26/h8-16,26-27H,2-7,17-20H2,1H3. The molecule has 2 atom stereocenters. The maximum Gasteiger partial charge on any atom is 0.119 e. The van der Waals surface area contributed by atoms with Gasteiger partial charge in [-0.2, -0.15) is 5.10 Å². The number of unbranched alkanes of at least 4 members (excludes halogenated alkanes) is 4. The van der Waals surface area contributed by atoms with E-state index in [1.807, 2.05) is 28.9 Å². The van der Waals surface area contributed by atoms with Crippen molar-refractivity contribution in [1.82, 2.24) is 9.78 Å². The highest BCUT2D eigenvalue weighted by atomic mass is 16.6. The van der Waals surface area contributed by atoms with Gasteiger partial charge in [-0.15, -0.1) is 0 Å². The summed E-state index contributed by atoms with van der Waals surface area (Å²) in [5.41, 5.74) is 4.46. The molecule has 2 aromatic carbocycles. The molecule has 0 spiro atoms. The van der Waals surface area contributed by atoms with Gasteiger partial charge in [-0.25, -0.2) is 4.68 Å². The van der Waals surface area contributed by atoms with Crippen LogP contribution in [0, 0.1) is 0 Å². The van der Waals surface area contributed by atoms with Crippen LogP contribution in [0.15, 0.2) is 54.7 Å². The number of rotatable bonds is 14. The van der Waals surface area contributed by atoms with Crippen LogP contribution >= 0.6 is 0 Å². The van der Waals surface area contributed by atoms with E-state index in [9.17, 15) is 0 Å². The van der Waals surface area contributed by atoms with Crippen molar-refractivity contribution in [3.8, 4) is 28.4 Å². The Morgan fingerprint density at radius 2 is 1.41 bits per heavy atom. The van der Waals surface area contributed by atoms with E-state index in [0.717, 1.165) is 48.1 Å². The first kappa shape index (κ1) is 22.9. The van der Waals surface area contributed by atoms with Gasteiger partial charge in [-0.3, -0.25) is 0 Å². The lowest BCUT2D eigenvalue weighted by Gasteiger charge is -2.07. The fraction of sp³-hybridized carbons (Fsp3) is 0.464. The van der Waals surface area contributed by atoms with Crippen LogP contribution in [0.2, 0.25) is 0 Å². The Balaban J connectivity index is 1.30. The second kappa shape index (κ2) is 11.1. The number of epoxide rings is 2. The summed E-state index contributed by atoms with van der Waals surface area (Å²) in [5, 5.41) is 4.99. The van der Waals surface area contributed by atoms with Gasteiger partial charge in [0.05, 0.1) is 24.6 Å². The molecule has 6 heteroatoms. The molecule has 1 aromatic heterocycles. The van der Waals surface area contributed by atoms with Crippen molar-refractivity contribution < 1.29 is 18.9 Å². The Bertz CT molecular complexity index is 1040. The molecule has 0 bridgehead atoms. The van der Waals surface area contributed by atoms with E-state index in [2.05, 4.69) is 37.4 Å². The van der Waals surface area contributed by atoms with Gasteiger partial charge >= 0.3 is 0 Å². The van der Waals surface area contributed by atoms with Gasteiger partial charge in [0, 0.05) is 11.8 Å². The van der Waals surface area contributed by atoms with Gasteiger partial charge in [0.25, 0.3) is 0 Å². The van der Waals surface area contributed by atoms with Crippen LogP contribution in [0.25, 0.3) is 16.9 Å². The lowest BCUT2D eigenvalue weighted by molar-refractivity contribution is 0.263. The summed E-state index contributed by atoms with van der Waals surface area (Å²) in [7, 11) is 0. The number of hydrogen-bond acceptors (Lipinski definition) is 5. The Hall–Kier alpha value is -2.83. The van der Waals surface area contributed by atoms with Crippen LogP contribution in [-0.2, 0) is 15.9 Å². The van der Waals surface area contributed by atoms with Gasteiger partial charge in [-0.05, 0) is 66.9 Å². The molecule has 2 aliphatic heterocycles. The maximum atomic E-state index is 5.81. The minimum atomic E-state index is 0.257. The molecule has 0 amide bonds. The minimum absolute atomic E-state index is 0.257. The van der Waals surface area contributed by atoms with Crippen molar-refractivity contribution in [3.05, 3.63) is 60.3 Å². The van der Waals surface area contributed by atoms with Crippen molar-refractivity contribution in [2.45, 2.75) is 57.7 Å². The number of aryl methyl sites for hydroxylation is 1. The highest BCUT2D eigenvalue weighted by molar-refractivity contribution is 5.64. The zero-order chi connectivity index (χ0) is 23.2. The third kappa shape index (κ3) is 6.39. The monoisotopic (exact) mass is 462 g/mol. The van der Waals surface area contributed by atoms with E-state index >= 15 is 0 Å². The van der Waals surface area contributed by atoms with Gasteiger partial charge < -0.3 is 18.9 Å². The number of ether oxygens (including phenoxy) is 4. The van der Waals surface area contributed by atoms with Crippen LogP contribution < -0.4 is 9.47 Å². The quantitative estimate of drug-likeness (QED) is 0.230. The summed E-state index contributed by atoms with van der Waals surface area (Å²) in [6.45, 7) is 5.09. The van der Waals surface area contributed by atoms with Crippen molar-refractivity contribution in [2.24, 2.45) is 0 Å². The van der Waals surface area contributed by atoms with Crippen LogP contribution in [-0.4, -0.2) is 48.4 Å². The minimum Gasteiger partial charge on any atom is -0.491 e. The predicted molar refractivity (Wildman–Crippen MR) is 132 cm³/mol. The third-order valence-electron chi connectivity index (χ3n) is 6.25. The fourth-order valence-corrected chi connectivity index (χ4v) is 4.00. The zero-order valence-corrected chi connectivity index (χ0v) is 19.9. The summed E-state index contributed by atoms with van der Waals surface area (Å²) >= 11 is 0. The van der Waals surface area contributed by atoms with Crippen molar-refractivity contribution in [1.29, 1.82) is 0 Å². The molecule has 0 aliphatic carbocycles. The largest absolute Gasteiger partial charge is 0.491 e. The number of hydrogen-bond donors (Lipinski definition) is 0. The molecule has 34 heavy (non-hydrogen) atoms. The first-order valence-corrected chi connectivity index (χ1v) is 12.6. The summed E-state index contributed by atoms with van der Waals surface area (Å²) in [6.07, 6.45) is 10.0. The van der Waals surface area contributed by atoms with E-state index in [1.54, 1.807) is 0 Å². The summed E-state index contributed by atoms with van der Waals surface area (Å²) in [6, 6.07) is 16.4. The van der Waals surface area contributed by atoms with E-state index in [4.69, 9.17) is 24.0 Å². The molecule has 2 aliphatic rings. The Morgan fingerprint density at radius 1 is 0.824 bits per heavy atom. The van der Waals surface area contributed by atoms with E-state index in [-0.39, 0.29) is 12.2 Å². The molecule has 3 heterocycles. The average Bonchev–Trinajstić information content (AvgIpc) is 3.81. The van der Waals surface area contributed by atoms with Gasteiger partial charge in [-0.1, -0.05) is 32.6 Å². The second-order valence-electron chi connectivity index (χ2n) is 9.16. The molecular weight excluding hydrogens is 428 g/mol. The van der Waals surface area contributed by atoms with Crippen molar-refractivity contribution >= 4 is 0 Å². The Morgan fingerprint density at radius 3 is 2.00 bits per heavy atom. The van der Waals surface area contributed by atoms with Crippen LogP contribution in [0.1, 0.15) is 44.6 Å². The normalized spacial score (nSPS) is 18.6. The molecule has 2 unspecified atom stereocenters. The molecule has 0 radical (unpaired) electrons. The molecule has 0 saturated carbocycles. The molecule has 6 nitrogen and oxygen atoms in total. The molecule has 180 valence electrons. The first-order valence-electron chi connectivity index (χ1n) is 12.6. The molecule has 2 fully saturated rings. The van der Waals surface area contributed by atoms with Gasteiger partial charge in [0.1, 0.15) is 36.9 Å². The number of nitrogens with zero attached hydrogens (tertiary/aromatic N) is 2. The van der Waals surface area contributed by atoms with Crippen LogP contribution in [0.3, 0.4) is 0 Å². The van der Waals surface area contributed by atoms with E-state index in [0.29, 0.717) is 13.2 Å². The highest BCUT2D eigenvalue weighted by Gasteiger charge is 2.23. The number of aromatic nitrogens is 2. The average molecular weight is 463 g/mol. The van der Waals surface area contributed by atoms with E-state index in [1.165, 1.54) is 37.7 Å². The Labute approximate surface area is 201 Å². The Kier molecular flexibility index (Phi) is 7.46. The second-order valence-corrected chi connectivity index (χ2v) is 9.16. The summed E-state index contributed by atoms with van der Waals surface area (Å²) < 4.78 is 24.0. The topological polar surface area (TPSA) is 61.3 Å². The zero-order valence-electron chi connectivity index (χ0n) is 19.9. The molecule has 3 aromatic rings. The smallest absolute Gasteiger partial charge is 0.119 e. The van der Waals surface area contributed by atoms with Crippen LogP contribution in [0.5, 0.6) is 11.5 Å². The van der Waals surface area contributed by atoms with Crippen LogP contribution in [0.4, 0.5) is 0 Å². The maximum absolute atomic E-state index is 5.81. The number of benzene rings is 2. The fourth-order valence-electron chi connectivity index (χ4n) is 4.00. The molecule has 2 saturated heterocycles. The third-order valence-corrected chi connectivity index (χ3v) is 6.25. The SMILES string of the molecule is CCCCCCCc1cn(-c2ccc(OCC3CO3)cc2)nc1-c1ccc(OCC2CO2)cc1. The molecular formula is C28H34N2O4. The predicted octanol–water partition coefficient (Wildman–Crippen LogP) is 5.61. The van der Waals surface area contributed by atoms with Crippen molar-refractivity contribution in [2.75, 3.05) is 26.4 Å². The molecule has 0 N–H and O–H groups in total. The lowest BCUT2D eigenvalue weighted by atomic mass is 10.0. The van der Waals surface area contributed by atoms with Crippen molar-refractivity contribution in [3.63, 3.8) is 0 Å². The highest BCUT2D eigenvalue weighted by Crippen LogP contribution is 2.28. The van der Waals surface area contributed by atoms with E-state index < -0.39 is 0 Å². The summed E-state index contributed by atoms with van der Waals surface area (Å²) in [5.74, 6) is 1.72. The lowest BCUT2D eigenvalue weighted by Crippen LogP contribution is -2.04. The molecule has 5 rings (SSSR count). The summed E-state index contributed by atoms with van der Waals surface area (Å²) in [4.78, 5) is 0. The van der Waals surface area contributed by atoms with Gasteiger partial charge in [0.15, 0.2) is 0 Å².